The van der Waals surface area contributed by atoms with Crippen LogP contribution in [0.1, 0.15) is 39.5 Å². The highest BCUT2D eigenvalue weighted by Crippen LogP contribution is 2.26. The Hall–Kier alpha value is -0.940. The first kappa shape index (κ1) is 15.4. The lowest BCUT2D eigenvalue weighted by Crippen LogP contribution is -2.42. The quantitative estimate of drug-likeness (QED) is 0.826. The van der Waals surface area contributed by atoms with Gasteiger partial charge in [-0.3, -0.25) is 9.59 Å². The molecule has 5 nitrogen and oxygen atoms in total. The standard InChI is InChI=1S/C15H25NO4/c1-10-7-12(3-4-14(10)17)15(18)16-11(2)8-20-13-5-6-19-9-13/h10-13H,3-9H2,1-2H3,(H,16,18)/t10-,11-,12-,13-/m1/s1. The van der Waals surface area contributed by atoms with Crippen LogP contribution in [0.25, 0.3) is 0 Å². The van der Waals surface area contributed by atoms with Crippen molar-refractivity contribution in [3.8, 4) is 0 Å². The van der Waals surface area contributed by atoms with Gasteiger partial charge in [0.25, 0.3) is 0 Å². The van der Waals surface area contributed by atoms with Crippen molar-refractivity contribution in [3.63, 3.8) is 0 Å². The molecule has 0 unspecified atom stereocenters. The summed E-state index contributed by atoms with van der Waals surface area (Å²) < 4.78 is 10.9. The van der Waals surface area contributed by atoms with E-state index in [0.717, 1.165) is 13.0 Å². The van der Waals surface area contributed by atoms with E-state index in [2.05, 4.69) is 5.32 Å². The van der Waals surface area contributed by atoms with Crippen molar-refractivity contribution in [2.24, 2.45) is 11.8 Å². The van der Waals surface area contributed by atoms with Gasteiger partial charge in [-0.2, -0.15) is 0 Å². The topological polar surface area (TPSA) is 64.6 Å². The van der Waals surface area contributed by atoms with Crippen molar-refractivity contribution in [2.75, 3.05) is 19.8 Å². The Labute approximate surface area is 120 Å². The molecule has 2 aliphatic rings. The minimum Gasteiger partial charge on any atom is -0.379 e. The van der Waals surface area contributed by atoms with E-state index >= 15 is 0 Å². The van der Waals surface area contributed by atoms with Crippen LogP contribution in [-0.4, -0.2) is 43.7 Å². The van der Waals surface area contributed by atoms with Gasteiger partial charge in [-0.1, -0.05) is 6.92 Å². The van der Waals surface area contributed by atoms with Crippen LogP contribution in [0.2, 0.25) is 0 Å². The lowest BCUT2D eigenvalue weighted by Gasteiger charge is -2.26. The molecule has 0 bridgehead atoms. The summed E-state index contributed by atoms with van der Waals surface area (Å²) in [5.41, 5.74) is 0. The van der Waals surface area contributed by atoms with E-state index in [1.165, 1.54) is 0 Å². The van der Waals surface area contributed by atoms with E-state index in [-0.39, 0.29) is 35.7 Å². The van der Waals surface area contributed by atoms with Crippen LogP contribution in [0.3, 0.4) is 0 Å². The van der Waals surface area contributed by atoms with Gasteiger partial charge in [-0.15, -0.1) is 0 Å². The first-order valence-electron chi connectivity index (χ1n) is 7.58. The molecule has 5 heteroatoms. The molecule has 1 aliphatic heterocycles. The summed E-state index contributed by atoms with van der Waals surface area (Å²) in [4.78, 5) is 23.6. The summed E-state index contributed by atoms with van der Waals surface area (Å²) in [6, 6.07) is -0.00367. The number of carbonyl (C=O) groups excluding carboxylic acids is 2. The second-order valence-corrected chi connectivity index (χ2v) is 6.07. The third-order valence-electron chi connectivity index (χ3n) is 4.16. The number of nitrogens with one attached hydrogen (secondary N) is 1. The van der Waals surface area contributed by atoms with Crippen molar-refractivity contribution in [3.05, 3.63) is 0 Å². The SMILES string of the molecule is C[C@H](CO[C@@H]1CCOC1)NC(=O)[C@@H]1CCC(=O)[C@H](C)C1. The third kappa shape index (κ3) is 4.28. The number of amides is 1. The predicted molar refractivity (Wildman–Crippen MR) is 74.3 cm³/mol. The van der Waals surface area contributed by atoms with Gasteiger partial charge in [0.05, 0.1) is 19.3 Å². The number of carbonyl (C=O) groups is 2. The molecule has 20 heavy (non-hydrogen) atoms. The fourth-order valence-electron chi connectivity index (χ4n) is 2.80. The van der Waals surface area contributed by atoms with E-state index in [1.807, 2.05) is 13.8 Å². The van der Waals surface area contributed by atoms with Gasteiger partial charge in [-0.25, -0.2) is 0 Å². The molecule has 0 aromatic heterocycles. The molecule has 1 N–H and O–H groups in total. The average Bonchev–Trinajstić information content (AvgIpc) is 2.92. The molecule has 1 saturated heterocycles. The molecule has 4 atom stereocenters. The van der Waals surface area contributed by atoms with E-state index in [0.29, 0.717) is 32.5 Å². The van der Waals surface area contributed by atoms with Crippen LogP contribution in [0, 0.1) is 11.8 Å². The van der Waals surface area contributed by atoms with Crippen LogP contribution < -0.4 is 5.32 Å². The van der Waals surface area contributed by atoms with Crippen molar-refractivity contribution in [1.82, 2.24) is 5.32 Å². The molecule has 2 rings (SSSR count). The van der Waals surface area contributed by atoms with Gasteiger partial charge >= 0.3 is 0 Å². The minimum atomic E-state index is -0.0278. The molecule has 1 heterocycles. The number of hydrogen-bond acceptors (Lipinski definition) is 4. The highest BCUT2D eigenvalue weighted by molar-refractivity contribution is 5.86. The fraction of sp³-hybridized carbons (Fsp3) is 0.867. The number of rotatable bonds is 5. The van der Waals surface area contributed by atoms with Crippen LogP contribution in [-0.2, 0) is 19.1 Å². The first-order chi connectivity index (χ1) is 9.56. The molecule has 0 aromatic rings. The number of hydrogen-bond donors (Lipinski definition) is 1. The maximum Gasteiger partial charge on any atom is 0.223 e. The Kier molecular flexibility index (Phi) is 5.54. The monoisotopic (exact) mass is 283 g/mol. The zero-order valence-corrected chi connectivity index (χ0v) is 12.4. The lowest BCUT2D eigenvalue weighted by atomic mass is 9.81. The van der Waals surface area contributed by atoms with Gasteiger partial charge in [0.15, 0.2) is 0 Å². The molecule has 0 spiro atoms. The second kappa shape index (κ2) is 7.18. The van der Waals surface area contributed by atoms with Crippen molar-refractivity contribution in [1.29, 1.82) is 0 Å². The third-order valence-corrected chi connectivity index (χ3v) is 4.16. The zero-order chi connectivity index (χ0) is 14.5. The highest BCUT2D eigenvalue weighted by atomic mass is 16.5. The van der Waals surface area contributed by atoms with Crippen LogP contribution in [0.15, 0.2) is 0 Å². The van der Waals surface area contributed by atoms with Gasteiger partial charge < -0.3 is 14.8 Å². The van der Waals surface area contributed by atoms with E-state index in [1.54, 1.807) is 0 Å². The normalized spacial score (nSPS) is 32.1. The van der Waals surface area contributed by atoms with Crippen molar-refractivity contribution >= 4 is 11.7 Å². The summed E-state index contributed by atoms with van der Waals surface area (Å²) in [5.74, 6) is 0.330. The van der Waals surface area contributed by atoms with Crippen LogP contribution >= 0.6 is 0 Å². The van der Waals surface area contributed by atoms with Gasteiger partial charge in [0, 0.05) is 30.9 Å². The van der Waals surface area contributed by atoms with Crippen LogP contribution in [0.5, 0.6) is 0 Å². The van der Waals surface area contributed by atoms with Gasteiger partial charge in [0.1, 0.15) is 5.78 Å². The predicted octanol–water partition coefficient (Wildman–Crippen LogP) is 1.30. The van der Waals surface area contributed by atoms with Crippen molar-refractivity contribution in [2.45, 2.75) is 51.7 Å². The van der Waals surface area contributed by atoms with Gasteiger partial charge in [-0.05, 0) is 26.2 Å². The maximum atomic E-state index is 12.2. The zero-order valence-electron chi connectivity index (χ0n) is 12.4. The molecular weight excluding hydrogens is 258 g/mol. The molecule has 2 fully saturated rings. The molecule has 0 aromatic carbocycles. The highest BCUT2D eigenvalue weighted by Gasteiger charge is 2.30. The number of Topliss-reactive ketones (excluding diaryl/α,β-unsaturated/α-hetero) is 1. The van der Waals surface area contributed by atoms with Crippen LogP contribution in [0.4, 0.5) is 0 Å². The van der Waals surface area contributed by atoms with Gasteiger partial charge in [0.2, 0.25) is 5.91 Å². The Bertz CT molecular complexity index is 352. The number of ketones is 1. The lowest BCUT2D eigenvalue weighted by molar-refractivity contribution is -0.131. The van der Waals surface area contributed by atoms with E-state index in [4.69, 9.17) is 9.47 Å². The Morgan fingerprint density at radius 1 is 1.50 bits per heavy atom. The second-order valence-electron chi connectivity index (χ2n) is 6.07. The fourth-order valence-corrected chi connectivity index (χ4v) is 2.80. The molecular formula is C15H25NO4. The molecule has 0 radical (unpaired) electrons. The molecule has 114 valence electrons. The Morgan fingerprint density at radius 2 is 2.30 bits per heavy atom. The summed E-state index contributed by atoms with van der Waals surface area (Å²) in [5, 5.41) is 2.99. The summed E-state index contributed by atoms with van der Waals surface area (Å²) >= 11 is 0. The first-order valence-corrected chi connectivity index (χ1v) is 7.58. The molecule has 1 amide bonds. The largest absolute Gasteiger partial charge is 0.379 e. The average molecular weight is 283 g/mol. The Balaban J connectivity index is 1.68. The molecule has 1 saturated carbocycles. The van der Waals surface area contributed by atoms with Crippen molar-refractivity contribution < 1.29 is 19.1 Å². The maximum absolute atomic E-state index is 12.2. The smallest absolute Gasteiger partial charge is 0.223 e. The van der Waals surface area contributed by atoms with E-state index in [9.17, 15) is 9.59 Å². The summed E-state index contributed by atoms with van der Waals surface area (Å²) in [6.07, 6.45) is 2.99. The summed E-state index contributed by atoms with van der Waals surface area (Å²) in [6.45, 7) is 5.79. The Morgan fingerprint density at radius 3 is 2.95 bits per heavy atom. The minimum absolute atomic E-state index is 0.00367. The summed E-state index contributed by atoms with van der Waals surface area (Å²) in [7, 11) is 0. The number of ether oxygens (including phenoxy) is 2. The van der Waals surface area contributed by atoms with E-state index < -0.39 is 0 Å². The molecule has 1 aliphatic carbocycles.